The number of nitrogens with two attached hydrogens (primary N) is 1. The maximum atomic E-state index is 5.98. The topological polar surface area (TPSA) is 38.0 Å². The number of thiophene rings is 1. The van der Waals surface area contributed by atoms with Crippen LogP contribution in [0.25, 0.3) is 0 Å². The fourth-order valence-corrected chi connectivity index (χ4v) is 2.79. The Morgan fingerprint density at radius 3 is 3.07 bits per heavy atom. The Morgan fingerprint density at radius 2 is 2.43 bits per heavy atom. The van der Waals surface area contributed by atoms with Gasteiger partial charge in [-0.3, -0.25) is 0 Å². The summed E-state index contributed by atoms with van der Waals surface area (Å²) >= 11 is 1.83. The maximum Gasteiger partial charge on any atom is 0.0219 e. The first-order chi connectivity index (χ1) is 6.86. The first kappa shape index (κ1) is 10.1. The Morgan fingerprint density at radius 1 is 1.50 bits per heavy atom. The van der Waals surface area contributed by atoms with E-state index in [0.717, 1.165) is 13.0 Å². The second-order valence-electron chi connectivity index (χ2n) is 3.98. The quantitative estimate of drug-likeness (QED) is 0.794. The zero-order chi connectivity index (χ0) is 9.80. The molecule has 0 aromatic carbocycles. The van der Waals surface area contributed by atoms with Crippen LogP contribution in [-0.2, 0) is 6.42 Å². The third-order valence-corrected chi connectivity index (χ3v) is 3.86. The summed E-state index contributed by atoms with van der Waals surface area (Å²) in [6.07, 6.45) is 4.88. The highest BCUT2D eigenvalue weighted by atomic mass is 32.1. The Bertz CT molecular complexity index is 258. The van der Waals surface area contributed by atoms with E-state index in [4.69, 9.17) is 5.73 Å². The van der Waals surface area contributed by atoms with Gasteiger partial charge in [0.1, 0.15) is 0 Å². The lowest BCUT2D eigenvalue weighted by Gasteiger charge is -2.16. The highest BCUT2D eigenvalue weighted by molar-refractivity contribution is 7.09. The average molecular weight is 210 g/mol. The summed E-state index contributed by atoms with van der Waals surface area (Å²) in [4.78, 5) is 1.46. The zero-order valence-corrected chi connectivity index (χ0v) is 9.22. The lowest BCUT2D eigenvalue weighted by atomic mass is 10.2. The van der Waals surface area contributed by atoms with Gasteiger partial charge in [0.05, 0.1) is 0 Å². The average Bonchev–Trinajstić information content (AvgIpc) is 2.78. The van der Waals surface area contributed by atoms with Crippen molar-refractivity contribution in [3.63, 3.8) is 0 Å². The second-order valence-corrected chi connectivity index (χ2v) is 5.02. The molecular formula is C11H18N2S. The standard InChI is InChI=1S/C11H18N2S/c12-10-4-1-5-11(10)13-7-6-9-3-2-8-14-9/h2-3,8,10-11,13H,1,4-7,12H2/t10-,11+/m0/s1. The fourth-order valence-electron chi connectivity index (χ4n) is 2.08. The Hall–Kier alpha value is -0.380. The third kappa shape index (κ3) is 2.56. The highest BCUT2D eigenvalue weighted by Crippen LogP contribution is 2.17. The molecule has 78 valence electrons. The Kier molecular flexibility index (Phi) is 3.56. The molecule has 1 aliphatic rings. The van der Waals surface area contributed by atoms with Gasteiger partial charge in [0.2, 0.25) is 0 Å². The van der Waals surface area contributed by atoms with Crippen LogP contribution in [0.2, 0.25) is 0 Å². The van der Waals surface area contributed by atoms with E-state index in [1.165, 1.54) is 24.1 Å². The lowest BCUT2D eigenvalue weighted by molar-refractivity contribution is 0.480. The maximum absolute atomic E-state index is 5.98. The molecule has 0 unspecified atom stereocenters. The molecule has 3 heteroatoms. The number of hydrogen-bond acceptors (Lipinski definition) is 3. The van der Waals surface area contributed by atoms with Gasteiger partial charge in [0, 0.05) is 23.5 Å². The van der Waals surface area contributed by atoms with Gasteiger partial charge in [-0.1, -0.05) is 12.5 Å². The van der Waals surface area contributed by atoms with Crippen LogP contribution in [-0.4, -0.2) is 18.6 Å². The van der Waals surface area contributed by atoms with E-state index in [0.29, 0.717) is 12.1 Å². The molecule has 0 aliphatic heterocycles. The molecule has 1 aromatic rings. The van der Waals surface area contributed by atoms with Gasteiger partial charge >= 0.3 is 0 Å². The summed E-state index contributed by atoms with van der Waals surface area (Å²) in [6, 6.07) is 5.26. The summed E-state index contributed by atoms with van der Waals surface area (Å²) in [7, 11) is 0. The molecule has 2 nitrogen and oxygen atoms in total. The number of hydrogen-bond donors (Lipinski definition) is 2. The molecule has 0 bridgehead atoms. The minimum Gasteiger partial charge on any atom is -0.326 e. The van der Waals surface area contributed by atoms with Crippen LogP contribution in [0.4, 0.5) is 0 Å². The van der Waals surface area contributed by atoms with Gasteiger partial charge in [-0.25, -0.2) is 0 Å². The van der Waals surface area contributed by atoms with Crippen LogP contribution >= 0.6 is 11.3 Å². The largest absolute Gasteiger partial charge is 0.326 e. The number of rotatable bonds is 4. The van der Waals surface area contributed by atoms with Crippen molar-refractivity contribution >= 4 is 11.3 Å². The van der Waals surface area contributed by atoms with E-state index in [2.05, 4.69) is 22.8 Å². The molecule has 1 heterocycles. The van der Waals surface area contributed by atoms with Gasteiger partial charge < -0.3 is 11.1 Å². The van der Waals surface area contributed by atoms with Crippen LogP contribution in [0.3, 0.4) is 0 Å². The Balaban J connectivity index is 1.68. The van der Waals surface area contributed by atoms with Crippen molar-refractivity contribution in [1.82, 2.24) is 5.32 Å². The molecule has 0 saturated heterocycles. The summed E-state index contributed by atoms with van der Waals surface area (Å²) in [5.74, 6) is 0. The van der Waals surface area contributed by atoms with Gasteiger partial charge in [0.25, 0.3) is 0 Å². The van der Waals surface area contributed by atoms with E-state index < -0.39 is 0 Å². The van der Waals surface area contributed by atoms with Gasteiger partial charge in [-0.2, -0.15) is 0 Å². The van der Waals surface area contributed by atoms with Crippen molar-refractivity contribution in [1.29, 1.82) is 0 Å². The molecule has 0 spiro atoms. The monoisotopic (exact) mass is 210 g/mol. The minimum absolute atomic E-state index is 0.387. The molecule has 0 amide bonds. The van der Waals surface area contributed by atoms with E-state index in [-0.39, 0.29) is 0 Å². The van der Waals surface area contributed by atoms with Crippen LogP contribution in [0.1, 0.15) is 24.1 Å². The summed E-state index contributed by atoms with van der Waals surface area (Å²) < 4.78 is 0. The number of nitrogens with one attached hydrogen (secondary N) is 1. The molecular weight excluding hydrogens is 192 g/mol. The minimum atomic E-state index is 0.387. The first-order valence-corrected chi connectivity index (χ1v) is 6.25. The first-order valence-electron chi connectivity index (χ1n) is 5.37. The van der Waals surface area contributed by atoms with Crippen LogP contribution < -0.4 is 11.1 Å². The predicted octanol–water partition coefficient (Wildman–Crippen LogP) is 1.76. The van der Waals surface area contributed by atoms with Crippen molar-refractivity contribution in [2.75, 3.05) is 6.54 Å². The molecule has 1 fully saturated rings. The van der Waals surface area contributed by atoms with Crippen LogP contribution in [0, 0.1) is 0 Å². The van der Waals surface area contributed by atoms with Gasteiger partial charge in [-0.05, 0) is 30.7 Å². The molecule has 1 aliphatic carbocycles. The van der Waals surface area contributed by atoms with E-state index in [1.807, 2.05) is 11.3 Å². The van der Waals surface area contributed by atoms with Gasteiger partial charge in [-0.15, -0.1) is 11.3 Å². The van der Waals surface area contributed by atoms with E-state index in [1.54, 1.807) is 0 Å². The molecule has 14 heavy (non-hydrogen) atoms. The predicted molar refractivity (Wildman–Crippen MR) is 61.6 cm³/mol. The molecule has 2 atom stereocenters. The second kappa shape index (κ2) is 4.91. The summed E-state index contributed by atoms with van der Waals surface area (Å²) in [6.45, 7) is 1.07. The molecule has 2 rings (SSSR count). The SMILES string of the molecule is N[C@H]1CCC[C@H]1NCCc1cccs1. The van der Waals surface area contributed by atoms with E-state index >= 15 is 0 Å². The van der Waals surface area contributed by atoms with Crippen molar-refractivity contribution in [3.8, 4) is 0 Å². The van der Waals surface area contributed by atoms with Crippen molar-refractivity contribution < 1.29 is 0 Å². The fraction of sp³-hybridized carbons (Fsp3) is 0.636. The summed E-state index contributed by atoms with van der Waals surface area (Å²) in [5.41, 5.74) is 5.98. The Labute approximate surface area is 89.5 Å². The summed E-state index contributed by atoms with van der Waals surface area (Å²) in [5, 5.41) is 5.69. The molecule has 0 radical (unpaired) electrons. The smallest absolute Gasteiger partial charge is 0.0219 e. The third-order valence-electron chi connectivity index (χ3n) is 2.93. The zero-order valence-electron chi connectivity index (χ0n) is 8.41. The van der Waals surface area contributed by atoms with Crippen LogP contribution in [0.15, 0.2) is 17.5 Å². The van der Waals surface area contributed by atoms with Crippen molar-refractivity contribution in [3.05, 3.63) is 22.4 Å². The van der Waals surface area contributed by atoms with Crippen LogP contribution in [0.5, 0.6) is 0 Å². The molecule has 1 aromatic heterocycles. The lowest BCUT2D eigenvalue weighted by Crippen LogP contribution is -2.41. The van der Waals surface area contributed by atoms with Crippen molar-refractivity contribution in [2.24, 2.45) is 5.73 Å². The highest BCUT2D eigenvalue weighted by Gasteiger charge is 2.22. The molecule has 1 saturated carbocycles. The van der Waals surface area contributed by atoms with E-state index in [9.17, 15) is 0 Å². The normalized spacial score (nSPS) is 26.9. The van der Waals surface area contributed by atoms with Crippen molar-refractivity contribution in [2.45, 2.75) is 37.8 Å². The molecule has 3 N–H and O–H groups in total. The van der Waals surface area contributed by atoms with Gasteiger partial charge in [0.15, 0.2) is 0 Å².